The van der Waals surface area contributed by atoms with Crippen molar-refractivity contribution in [3.63, 3.8) is 0 Å². The van der Waals surface area contributed by atoms with Crippen LogP contribution in [0.2, 0.25) is 0 Å². The summed E-state index contributed by atoms with van der Waals surface area (Å²) < 4.78 is 32.4. The predicted molar refractivity (Wildman–Crippen MR) is 62.0 cm³/mol. The van der Waals surface area contributed by atoms with Crippen molar-refractivity contribution in [2.45, 2.75) is 12.0 Å². The molecule has 17 heavy (non-hydrogen) atoms. The van der Waals surface area contributed by atoms with Gasteiger partial charge in [-0.25, -0.2) is 4.98 Å². The Labute approximate surface area is 104 Å². The molecule has 92 valence electrons. The molecule has 1 heterocycles. The number of oxazole rings is 1. The van der Waals surface area contributed by atoms with Crippen LogP contribution in [0.25, 0.3) is 0 Å². The number of allylic oxidation sites excluding steroid dienone is 2. The third-order valence-corrected chi connectivity index (χ3v) is 3.16. The van der Waals surface area contributed by atoms with Crippen molar-refractivity contribution < 1.29 is 17.0 Å². The molecule has 0 fully saturated rings. The maximum absolute atomic E-state index is 11.2. The van der Waals surface area contributed by atoms with Crippen molar-refractivity contribution in [2.75, 3.05) is 6.26 Å². The van der Waals surface area contributed by atoms with Gasteiger partial charge in [0, 0.05) is 5.03 Å². The monoisotopic (exact) mass is 275 g/mol. The van der Waals surface area contributed by atoms with Crippen LogP contribution in [0.3, 0.4) is 0 Å². The van der Waals surface area contributed by atoms with Gasteiger partial charge in [0.15, 0.2) is 6.39 Å². The van der Waals surface area contributed by atoms with Gasteiger partial charge in [-0.2, -0.15) is 8.42 Å². The zero-order valence-electron chi connectivity index (χ0n) is 8.91. The minimum atomic E-state index is -3.57. The van der Waals surface area contributed by atoms with E-state index in [9.17, 15) is 8.42 Å². The van der Waals surface area contributed by atoms with E-state index in [1.54, 1.807) is 18.2 Å². The van der Waals surface area contributed by atoms with Crippen LogP contribution in [0.1, 0.15) is 11.7 Å². The lowest BCUT2D eigenvalue weighted by Crippen LogP contribution is -2.25. The van der Waals surface area contributed by atoms with Gasteiger partial charge in [-0.3, -0.25) is 4.18 Å². The molecule has 0 N–H and O–H groups in total. The molecule has 1 aromatic rings. The number of rotatable bonds is 3. The van der Waals surface area contributed by atoms with Gasteiger partial charge in [-0.1, -0.05) is 23.8 Å². The van der Waals surface area contributed by atoms with Gasteiger partial charge in [0.2, 0.25) is 0 Å². The first kappa shape index (κ1) is 12.3. The smallest absolute Gasteiger partial charge is 0.264 e. The average Bonchev–Trinajstić information content (AvgIpc) is 2.68. The van der Waals surface area contributed by atoms with E-state index in [1.165, 1.54) is 12.6 Å². The summed E-state index contributed by atoms with van der Waals surface area (Å²) in [5.74, 6) is -0.0249. The van der Waals surface area contributed by atoms with Crippen LogP contribution in [-0.4, -0.2) is 25.8 Å². The molecular formula is C10H10ClNO4S. The summed E-state index contributed by atoms with van der Waals surface area (Å²) in [6.45, 7) is 0. The summed E-state index contributed by atoms with van der Waals surface area (Å²) in [6, 6.07) is 0. The number of halogens is 1. The predicted octanol–water partition coefficient (Wildman–Crippen LogP) is 1.80. The van der Waals surface area contributed by atoms with Crippen molar-refractivity contribution in [1.82, 2.24) is 4.98 Å². The molecular weight excluding hydrogens is 266 g/mol. The molecule has 0 aliphatic heterocycles. The fraction of sp³-hybridized carbons (Fsp3) is 0.300. The Hall–Kier alpha value is -1.11. The highest BCUT2D eigenvalue weighted by Crippen LogP contribution is 2.35. The van der Waals surface area contributed by atoms with Crippen LogP contribution in [0, 0.1) is 0 Å². The highest BCUT2D eigenvalue weighted by molar-refractivity contribution is 7.86. The fourth-order valence-corrected chi connectivity index (χ4v) is 2.48. The second-order valence-electron chi connectivity index (χ2n) is 3.58. The largest absolute Gasteiger partial charge is 0.448 e. The molecule has 1 aliphatic rings. The SMILES string of the molecule is CS(=O)(=O)OC1C=CC=C(Cl)C1c1cnco1. The quantitative estimate of drug-likeness (QED) is 0.787. The lowest BCUT2D eigenvalue weighted by Gasteiger charge is -2.23. The van der Waals surface area contributed by atoms with E-state index in [1.807, 2.05) is 0 Å². The summed E-state index contributed by atoms with van der Waals surface area (Å²) in [7, 11) is -3.57. The van der Waals surface area contributed by atoms with E-state index in [2.05, 4.69) is 4.98 Å². The van der Waals surface area contributed by atoms with Gasteiger partial charge in [-0.15, -0.1) is 0 Å². The number of nitrogens with zero attached hydrogens (tertiary/aromatic N) is 1. The van der Waals surface area contributed by atoms with Crippen LogP contribution in [-0.2, 0) is 14.3 Å². The topological polar surface area (TPSA) is 69.4 Å². The Morgan fingerprint density at radius 1 is 1.53 bits per heavy atom. The van der Waals surface area contributed by atoms with E-state index in [0.717, 1.165) is 6.26 Å². The second-order valence-corrected chi connectivity index (χ2v) is 5.62. The normalized spacial score (nSPS) is 24.7. The molecule has 0 bridgehead atoms. The van der Waals surface area contributed by atoms with Gasteiger partial charge >= 0.3 is 0 Å². The molecule has 7 heteroatoms. The molecule has 0 saturated carbocycles. The molecule has 0 spiro atoms. The van der Waals surface area contributed by atoms with Crippen molar-refractivity contribution in [3.05, 3.63) is 41.6 Å². The van der Waals surface area contributed by atoms with Gasteiger partial charge in [0.25, 0.3) is 10.1 Å². The van der Waals surface area contributed by atoms with E-state index in [0.29, 0.717) is 10.8 Å². The van der Waals surface area contributed by atoms with Crippen LogP contribution < -0.4 is 0 Å². The highest BCUT2D eigenvalue weighted by atomic mass is 35.5. The Morgan fingerprint density at radius 3 is 2.88 bits per heavy atom. The minimum absolute atomic E-state index is 0.443. The minimum Gasteiger partial charge on any atom is -0.448 e. The molecule has 2 rings (SSSR count). The molecule has 0 saturated heterocycles. The first-order chi connectivity index (χ1) is 7.97. The van der Waals surface area contributed by atoms with Crippen LogP contribution in [0.15, 0.2) is 40.3 Å². The van der Waals surface area contributed by atoms with Crippen molar-refractivity contribution in [3.8, 4) is 0 Å². The Bertz CT molecular complexity index is 547. The summed E-state index contributed by atoms with van der Waals surface area (Å²) in [4.78, 5) is 3.78. The van der Waals surface area contributed by atoms with Crippen LogP contribution >= 0.6 is 11.6 Å². The Balaban J connectivity index is 2.32. The van der Waals surface area contributed by atoms with Crippen molar-refractivity contribution in [2.24, 2.45) is 0 Å². The van der Waals surface area contributed by atoms with E-state index < -0.39 is 22.1 Å². The standard InChI is InChI=1S/C10H10ClNO4S/c1-17(13,14)16-8-4-2-3-7(11)10(8)9-5-12-6-15-9/h2-6,8,10H,1H3. The third kappa shape index (κ3) is 2.96. The molecule has 2 atom stereocenters. The van der Waals surface area contributed by atoms with Gasteiger partial charge in [-0.05, 0) is 6.08 Å². The van der Waals surface area contributed by atoms with E-state index in [4.69, 9.17) is 20.2 Å². The third-order valence-electron chi connectivity index (χ3n) is 2.23. The fourth-order valence-electron chi connectivity index (χ4n) is 1.60. The maximum atomic E-state index is 11.2. The first-order valence-corrected chi connectivity index (χ1v) is 6.97. The van der Waals surface area contributed by atoms with Gasteiger partial charge in [0.05, 0.1) is 18.4 Å². The molecule has 0 amide bonds. The summed E-state index contributed by atoms with van der Waals surface area (Å²) in [5.41, 5.74) is 0. The zero-order valence-corrected chi connectivity index (χ0v) is 10.5. The van der Waals surface area contributed by atoms with E-state index >= 15 is 0 Å². The Morgan fingerprint density at radius 2 is 2.29 bits per heavy atom. The first-order valence-electron chi connectivity index (χ1n) is 4.78. The molecule has 1 aromatic heterocycles. The number of hydrogen-bond acceptors (Lipinski definition) is 5. The summed E-state index contributed by atoms with van der Waals surface area (Å²) >= 11 is 6.04. The average molecular weight is 276 g/mol. The Kier molecular flexibility index (Phi) is 3.37. The molecule has 2 unspecified atom stereocenters. The highest BCUT2D eigenvalue weighted by Gasteiger charge is 2.32. The lowest BCUT2D eigenvalue weighted by atomic mass is 9.95. The maximum Gasteiger partial charge on any atom is 0.264 e. The van der Waals surface area contributed by atoms with Crippen molar-refractivity contribution in [1.29, 1.82) is 0 Å². The molecule has 1 aliphatic carbocycles. The van der Waals surface area contributed by atoms with Gasteiger partial charge < -0.3 is 4.42 Å². The van der Waals surface area contributed by atoms with E-state index in [-0.39, 0.29) is 0 Å². The lowest BCUT2D eigenvalue weighted by molar-refractivity contribution is 0.227. The molecule has 0 radical (unpaired) electrons. The summed E-state index contributed by atoms with van der Waals surface area (Å²) in [6.07, 6.45) is 7.94. The number of aromatic nitrogens is 1. The zero-order chi connectivity index (χ0) is 12.5. The van der Waals surface area contributed by atoms with Crippen molar-refractivity contribution >= 4 is 21.7 Å². The van der Waals surface area contributed by atoms with Gasteiger partial charge in [0.1, 0.15) is 11.9 Å². The van der Waals surface area contributed by atoms with Crippen LogP contribution in [0.5, 0.6) is 0 Å². The molecule has 0 aromatic carbocycles. The second kappa shape index (κ2) is 4.64. The number of hydrogen-bond donors (Lipinski definition) is 0. The summed E-state index contributed by atoms with van der Waals surface area (Å²) in [5, 5.41) is 0.443. The molecule has 5 nitrogen and oxygen atoms in total. The van der Waals surface area contributed by atoms with Crippen LogP contribution in [0.4, 0.5) is 0 Å².